The van der Waals surface area contributed by atoms with Crippen molar-refractivity contribution in [2.24, 2.45) is 0 Å². The van der Waals surface area contributed by atoms with E-state index >= 15 is 0 Å². The summed E-state index contributed by atoms with van der Waals surface area (Å²) in [5.41, 5.74) is 7.90. The lowest BCUT2D eigenvalue weighted by molar-refractivity contribution is -0.501. The lowest BCUT2D eigenvalue weighted by Crippen LogP contribution is -2.02. The van der Waals surface area contributed by atoms with Gasteiger partial charge in [0.15, 0.2) is 0 Å². The number of hydrogen-bond acceptors (Lipinski definition) is 3. The van der Waals surface area contributed by atoms with Crippen LogP contribution in [-0.2, 0) is 0 Å². The van der Waals surface area contributed by atoms with Crippen LogP contribution in [0.1, 0.15) is 6.92 Å². The molecule has 0 aromatic rings. The predicted octanol–water partition coefficient (Wildman–Crippen LogP) is 1.43. The average Bonchev–Trinajstić information content (AvgIpc) is 2.05. The van der Waals surface area contributed by atoms with E-state index in [4.69, 9.17) is 5.53 Å². The Morgan fingerprint density at radius 1 is 1.55 bits per heavy atom. The van der Waals surface area contributed by atoms with Crippen LogP contribution in [0.4, 0.5) is 0 Å². The smallest absolute Gasteiger partial charge is 0.225 e. The maximum Gasteiger partial charge on any atom is 0.225 e. The summed E-state index contributed by atoms with van der Waals surface area (Å²) in [6.07, 6.45) is 6.91. The summed E-state index contributed by atoms with van der Waals surface area (Å²) < 4.78 is 0. The van der Waals surface area contributed by atoms with E-state index in [0.717, 1.165) is 5.57 Å². The summed E-state index contributed by atoms with van der Waals surface area (Å²) in [4.78, 5) is 0.106. The van der Waals surface area contributed by atoms with Gasteiger partial charge in [-0.25, -0.2) is 0 Å². The molecule has 0 aromatic carbocycles. The second kappa shape index (κ2) is 3.01. The molecule has 0 aromatic heterocycles. The fourth-order valence-electron chi connectivity index (χ4n) is 0.745. The molecule has 0 radical (unpaired) electrons. The molecule has 0 atom stereocenters. The molecule has 0 saturated heterocycles. The molecule has 1 heterocycles. The highest BCUT2D eigenvalue weighted by Crippen LogP contribution is 2.09. The van der Waals surface area contributed by atoms with E-state index in [-0.39, 0.29) is 4.86 Å². The highest BCUT2D eigenvalue weighted by atomic mass is 16.5. The summed E-state index contributed by atoms with van der Waals surface area (Å²) in [6, 6.07) is 0. The molecule has 0 fully saturated rings. The molecule has 4 heteroatoms. The van der Waals surface area contributed by atoms with Gasteiger partial charge >= 0.3 is 0 Å². The zero-order chi connectivity index (χ0) is 8.27. The van der Waals surface area contributed by atoms with Crippen LogP contribution in [-0.4, -0.2) is 4.86 Å². The lowest BCUT2D eigenvalue weighted by Gasteiger charge is -2.03. The lowest BCUT2D eigenvalue weighted by atomic mass is 10.2. The maximum atomic E-state index is 10.5. The van der Waals surface area contributed by atoms with Crippen molar-refractivity contribution in [1.29, 1.82) is 5.53 Å². The van der Waals surface area contributed by atoms with Gasteiger partial charge in [-0.05, 0) is 17.7 Å². The van der Waals surface area contributed by atoms with Crippen molar-refractivity contribution in [3.63, 3.8) is 0 Å². The molecular weight excluding hydrogens is 142 g/mol. The molecule has 0 bridgehead atoms. The van der Waals surface area contributed by atoms with Gasteiger partial charge in [-0.2, -0.15) is 0 Å². The van der Waals surface area contributed by atoms with Crippen LogP contribution in [0.2, 0.25) is 0 Å². The Balaban J connectivity index is 2.94. The molecule has 0 aliphatic carbocycles. The summed E-state index contributed by atoms with van der Waals surface area (Å²) in [5, 5.41) is 13.3. The van der Waals surface area contributed by atoms with Gasteiger partial charge in [0.2, 0.25) is 5.70 Å². The van der Waals surface area contributed by atoms with E-state index < -0.39 is 0 Å². The van der Waals surface area contributed by atoms with Crippen LogP contribution < -0.4 is 5.32 Å². The number of hydroxylamine groups is 1. The van der Waals surface area contributed by atoms with Crippen molar-refractivity contribution in [1.82, 2.24) is 5.32 Å². The molecular formula is C7H9N3O. The third-order valence-electron chi connectivity index (χ3n) is 1.44. The van der Waals surface area contributed by atoms with E-state index in [9.17, 15) is 5.21 Å². The van der Waals surface area contributed by atoms with Gasteiger partial charge < -0.3 is 10.5 Å². The van der Waals surface area contributed by atoms with Gasteiger partial charge in [0.1, 0.15) is 0 Å². The first-order valence-corrected chi connectivity index (χ1v) is 3.20. The Bertz CT molecular complexity index is 249. The van der Waals surface area contributed by atoms with Crippen LogP contribution in [0.3, 0.4) is 0 Å². The van der Waals surface area contributed by atoms with Crippen molar-refractivity contribution in [2.45, 2.75) is 6.92 Å². The second-order valence-corrected chi connectivity index (χ2v) is 2.17. The average molecular weight is 151 g/mol. The third kappa shape index (κ3) is 1.67. The molecule has 2 N–H and O–H groups in total. The molecule has 4 nitrogen and oxygen atoms in total. The van der Waals surface area contributed by atoms with E-state index in [2.05, 4.69) is 5.32 Å². The fourth-order valence-corrected chi connectivity index (χ4v) is 0.745. The minimum absolute atomic E-state index is 0.106. The summed E-state index contributed by atoms with van der Waals surface area (Å²) in [7, 11) is 0. The van der Waals surface area contributed by atoms with E-state index in [0.29, 0.717) is 5.70 Å². The van der Waals surface area contributed by atoms with Gasteiger partial charge in [0.05, 0.1) is 0 Å². The SMILES string of the molecule is CC(=C1C=CNC=C1)[N+](=N)[O-]. The Morgan fingerprint density at radius 2 is 2.09 bits per heavy atom. The number of allylic oxidation sites excluding steroid dienone is 4. The van der Waals surface area contributed by atoms with Gasteiger partial charge in [-0.1, -0.05) is 4.86 Å². The number of rotatable bonds is 1. The molecule has 0 amide bonds. The van der Waals surface area contributed by atoms with Crippen molar-refractivity contribution in [3.05, 3.63) is 41.0 Å². The van der Waals surface area contributed by atoms with Crippen molar-refractivity contribution in [3.8, 4) is 0 Å². The van der Waals surface area contributed by atoms with Crippen LogP contribution in [0.15, 0.2) is 35.8 Å². The Labute approximate surface area is 64.6 Å². The quantitative estimate of drug-likeness (QED) is 0.338. The molecule has 1 rings (SSSR count). The Morgan fingerprint density at radius 3 is 2.55 bits per heavy atom. The van der Waals surface area contributed by atoms with E-state index in [1.807, 2.05) is 0 Å². The minimum atomic E-state index is 0.106. The van der Waals surface area contributed by atoms with Gasteiger partial charge in [-0.3, -0.25) is 0 Å². The highest BCUT2D eigenvalue weighted by molar-refractivity contribution is 5.34. The monoisotopic (exact) mass is 151 g/mol. The molecule has 0 saturated carbocycles. The summed E-state index contributed by atoms with van der Waals surface area (Å²) in [5.74, 6) is 0. The van der Waals surface area contributed by atoms with Crippen LogP contribution >= 0.6 is 0 Å². The first kappa shape index (κ1) is 7.53. The maximum absolute atomic E-state index is 10.5. The van der Waals surface area contributed by atoms with Crippen LogP contribution in [0.5, 0.6) is 0 Å². The third-order valence-corrected chi connectivity index (χ3v) is 1.44. The van der Waals surface area contributed by atoms with Gasteiger partial charge in [-0.15, -0.1) is 0 Å². The van der Waals surface area contributed by atoms with Crippen molar-refractivity contribution < 1.29 is 4.86 Å². The van der Waals surface area contributed by atoms with Crippen LogP contribution in [0.25, 0.3) is 0 Å². The van der Waals surface area contributed by atoms with Crippen molar-refractivity contribution in [2.75, 3.05) is 0 Å². The molecule has 0 spiro atoms. The summed E-state index contributed by atoms with van der Waals surface area (Å²) >= 11 is 0. The van der Waals surface area contributed by atoms with Crippen molar-refractivity contribution >= 4 is 0 Å². The molecule has 0 unspecified atom stereocenters. The fraction of sp³-hybridized carbons (Fsp3) is 0.143. The Hall–Kier alpha value is -1.58. The largest absolute Gasteiger partial charge is 0.595 e. The number of dihydropyridines is 1. The summed E-state index contributed by atoms with van der Waals surface area (Å²) in [6.45, 7) is 1.61. The van der Waals surface area contributed by atoms with E-state index in [1.54, 1.807) is 31.5 Å². The number of nitrogens with one attached hydrogen (secondary N) is 2. The Kier molecular flexibility index (Phi) is 2.06. The van der Waals surface area contributed by atoms with Gasteiger partial charge in [0.25, 0.3) is 0 Å². The first-order chi connectivity index (χ1) is 5.22. The van der Waals surface area contributed by atoms with Crippen LogP contribution in [0, 0.1) is 10.7 Å². The first-order valence-electron chi connectivity index (χ1n) is 3.20. The van der Waals surface area contributed by atoms with E-state index in [1.165, 1.54) is 0 Å². The highest BCUT2D eigenvalue weighted by Gasteiger charge is 2.04. The standard InChI is InChI=1S/C7H9N3O/c1-6(10(8)11)7-2-4-9-5-3-7/h2-5,8-9H,1H3. The predicted molar refractivity (Wildman–Crippen MR) is 40.5 cm³/mol. The number of nitrogens with zero attached hydrogens (tertiary/aromatic N) is 1. The molecule has 1 aliphatic heterocycles. The van der Waals surface area contributed by atoms with Gasteiger partial charge in [0, 0.05) is 24.9 Å². The molecule has 11 heavy (non-hydrogen) atoms. The minimum Gasteiger partial charge on any atom is -0.595 e. The molecule has 58 valence electrons. The second-order valence-electron chi connectivity index (χ2n) is 2.17. The topological polar surface area (TPSA) is 62.0 Å². The normalized spacial score (nSPS) is 14.5. The number of hydrogen-bond donors (Lipinski definition) is 2. The molecule has 1 aliphatic rings. The zero-order valence-electron chi connectivity index (χ0n) is 6.16. The zero-order valence-corrected chi connectivity index (χ0v) is 6.16.